The highest BCUT2D eigenvalue weighted by molar-refractivity contribution is 5.93. The van der Waals surface area contributed by atoms with E-state index in [4.69, 9.17) is 0 Å². The average Bonchev–Trinajstić information content (AvgIpc) is 2.95. The van der Waals surface area contributed by atoms with Crippen molar-refractivity contribution < 1.29 is 9.90 Å². The van der Waals surface area contributed by atoms with E-state index in [1.807, 2.05) is 0 Å². The van der Waals surface area contributed by atoms with Gasteiger partial charge in [-0.05, 0) is 43.9 Å². The lowest BCUT2D eigenvalue weighted by atomic mass is 10.2. The van der Waals surface area contributed by atoms with Crippen molar-refractivity contribution in [1.82, 2.24) is 14.8 Å². The van der Waals surface area contributed by atoms with Crippen LogP contribution in [-0.4, -0.2) is 25.8 Å². The summed E-state index contributed by atoms with van der Waals surface area (Å²) in [6, 6.07) is 3.74. The number of nitrogens with zero attached hydrogens (tertiary/aromatic N) is 3. The summed E-state index contributed by atoms with van der Waals surface area (Å²) in [6.45, 7) is 1.59. The van der Waals surface area contributed by atoms with Gasteiger partial charge in [0.15, 0.2) is 11.6 Å². The minimum absolute atomic E-state index is 0.0635. The number of aryl methyl sites for hydroxylation is 2. The third-order valence-corrected chi connectivity index (χ3v) is 3.76. The zero-order chi connectivity index (χ0) is 15.7. The molecule has 1 atom stereocenters. The molecule has 1 amide bonds. The highest BCUT2D eigenvalue weighted by Crippen LogP contribution is 2.20. The fourth-order valence-electron chi connectivity index (χ4n) is 2.52. The molecule has 1 aliphatic rings. The van der Waals surface area contributed by atoms with Crippen LogP contribution >= 0.6 is 0 Å². The molecule has 2 heterocycles. The van der Waals surface area contributed by atoms with Crippen LogP contribution in [0.3, 0.4) is 0 Å². The molecule has 0 aromatic carbocycles. The predicted octanol–water partition coefficient (Wildman–Crippen LogP) is 1.03. The van der Waals surface area contributed by atoms with Crippen LogP contribution in [0, 0.1) is 0 Å². The Labute approximate surface area is 126 Å². The molecule has 0 spiro atoms. The lowest BCUT2D eigenvalue weighted by molar-refractivity contribution is -0.119. The van der Waals surface area contributed by atoms with E-state index in [-0.39, 0.29) is 17.1 Å². The number of carbonyl (C=O) groups excluding carboxylic acids is 1. The lowest BCUT2D eigenvalue weighted by Gasteiger charge is -2.15. The SMILES string of the molecule is C[C@@H](C(=O)Nc1ncccc1O)n1nc2c(cc1=O)CCC2. The molecule has 2 aromatic heterocycles. The largest absolute Gasteiger partial charge is 0.504 e. The molecule has 3 rings (SSSR count). The van der Waals surface area contributed by atoms with Gasteiger partial charge in [-0.2, -0.15) is 5.10 Å². The van der Waals surface area contributed by atoms with Gasteiger partial charge in [0.25, 0.3) is 5.56 Å². The average molecular weight is 300 g/mol. The molecule has 0 bridgehead atoms. The first-order valence-corrected chi connectivity index (χ1v) is 7.12. The summed E-state index contributed by atoms with van der Waals surface area (Å²) in [5.74, 6) is -0.521. The van der Waals surface area contributed by atoms with Crippen LogP contribution in [0.4, 0.5) is 5.82 Å². The van der Waals surface area contributed by atoms with E-state index < -0.39 is 11.9 Å². The highest BCUT2D eigenvalue weighted by Gasteiger charge is 2.22. The van der Waals surface area contributed by atoms with E-state index in [9.17, 15) is 14.7 Å². The van der Waals surface area contributed by atoms with Gasteiger partial charge in [-0.1, -0.05) is 0 Å². The van der Waals surface area contributed by atoms with E-state index >= 15 is 0 Å². The molecule has 2 aromatic rings. The van der Waals surface area contributed by atoms with E-state index in [0.29, 0.717) is 0 Å². The maximum atomic E-state index is 12.3. The van der Waals surface area contributed by atoms with E-state index in [1.165, 1.54) is 16.9 Å². The molecule has 2 N–H and O–H groups in total. The molecule has 0 aliphatic heterocycles. The first-order chi connectivity index (χ1) is 10.6. The van der Waals surface area contributed by atoms with E-state index in [0.717, 1.165) is 30.5 Å². The second-order valence-electron chi connectivity index (χ2n) is 5.29. The molecule has 0 radical (unpaired) electrons. The summed E-state index contributed by atoms with van der Waals surface area (Å²) < 4.78 is 1.18. The number of hydrogen-bond donors (Lipinski definition) is 2. The fourth-order valence-corrected chi connectivity index (χ4v) is 2.52. The topological polar surface area (TPSA) is 97.1 Å². The predicted molar refractivity (Wildman–Crippen MR) is 79.8 cm³/mol. The highest BCUT2D eigenvalue weighted by atomic mass is 16.3. The Balaban J connectivity index is 1.85. The van der Waals surface area contributed by atoms with Gasteiger partial charge in [-0.15, -0.1) is 0 Å². The smallest absolute Gasteiger partial charge is 0.267 e. The standard InChI is InChI=1S/C15H16N4O3/c1-9(15(22)17-14-12(20)6-3-7-16-14)19-13(21)8-10-4-2-5-11(10)18-19/h3,6-9,20H,2,4-5H2,1H3,(H,16,17,22)/t9-/m0/s1. The molecule has 114 valence electrons. The Bertz CT molecular complexity index is 785. The number of aromatic nitrogens is 3. The Morgan fingerprint density at radius 1 is 1.45 bits per heavy atom. The fraction of sp³-hybridized carbons (Fsp3) is 0.333. The van der Waals surface area contributed by atoms with Crippen molar-refractivity contribution in [2.24, 2.45) is 0 Å². The maximum Gasteiger partial charge on any atom is 0.267 e. The summed E-state index contributed by atoms with van der Waals surface area (Å²) in [4.78, 5) is 28.2. The molecule has 22 heavy (non-hydrogen) atoms. The number of fused-ring (bicyclic) bond motifs is 1. The molecule has 0 saturated heterocycles. The van der Waals surface area contributed by atoms with Crippen LogP contribution in [0.5, 0.6) is 5.75 Å². The van der Waals surface area contributed by atoms with Gasteiger partial charge in [0.2, 0.25) is 5.91 Å². The first kappa shape index (κ1) is 14.2. The quantitative estimate of drug-likeness (QED) is 0.882. The Kier molecular flexibility index (Phi) is 3.62. The molecule has 0 saturated carbocycles. The van der Waals surface area contributed by atoms with Crippen LogP contribution in [0.25, 0.3) is 0 Å². The van der Waals surface area contributed by atoms with Crippen LogP contribution in [0.15, 0.2) is 29.2 Å². The minimum Gasteiger partial charge on any atom is -0.504 e. The van der Waals surface area contributed by atoms with Gasteiger partial charge < -0.3 is 10.4 Å². The normalized spacial score (nSPS) is 14.4. The molecule has 0 fully saturated rings. The summed E-state index contributed by atoms with van der Waals surface area (Å²) in [5.41, 5.74) is 1.55. The van der Waals surface area contributed by atoms with Crippen LogP contribution < -0.4 is 10.9 Å². The number of hydrogen-bond acceptors (Lipinski definition) is 5. The van der Waals surface area contributed by atoms with Gasteiger partial charge in [0.1, 0.15) is 6.04 Å². The maximum absolute atomic E-state index is 12.3. The zero-order valence-electron chi connectivity index (χ0n) is 12.1. The molecule has 1 aliphatic carbocycles. The lowest BCUT2D eigenvalue weighted by Crippen LogP contribution is -2.34. The second-order valence-corrected chi connectivity index (χ2v) is 5.29. The van der Waals surface area contributed by atoms with Crippen molar-refractivity contribution in [2.45, 2.75) is 32.2 Å². The summed E-state index contributed by atoms with van der Waals surface area (Å²) in [7, 11) is 0. The molecular weight excluding hydrogens is 284 g/mol. The van der Waals surface area contributed by atoms with E-state index in [1.54, 1.807) is 19.1 Å². The number of aromatic hydroxyl groups is 1. The molecular formula is C15H16N4O3. The number of nitrogens with one attached hydrogen (secondary N) is 1. The summed E-state index contributed by atoms with van der Waals surface area (Å²) >= 11 is 0. The number of amides is 1. The second kappa shape index (κ2) is 5.59. The van der Waals surface area contributed by atoms with Crippen molar-refractivity contribution in [3.8, 4) is 5.75 Å². The number of anilines is 1. The number of rotatable bonds is 3. The third-order valence-electron chi connectivity index (χ3n) is 3.76. The third kappa shape index (κ3) is 2.57. The summed E-state index contributed by atoms with van der Waals surface area (Å²) in [6.07, 6.45) is 4.12. The molecule has 7 heteroatoms. The van der Waals surface area contributed by atoms with Gasteiger partial charge in [-0.25, -0.2) is 9.67 Å². The van der Waals surface area contributed by atoms with Crippen molar-refractivity contribution in [1.29, 1.82) is 0 Å². The zero-order valence-corrected chi connectivity index (χ0v) is 12.1. The van der Waals surface area contributed by atoms with Crippen LogP contribution in [0.1, 0.15) is 30.6 Å². The van der Waals surface area contributed by atoms with Gasteiger partial charge in [0.05, 0.1) is 5.69 Å². The van der Waals surface area contributed by atoms with Gasteiger partial charge in [-0.3, -0.25) is 9.59 Å². The number of carbonyl (C=O) groups is 1. The Morgan fingerprint density at radius 2 is 2.27 bits per heavy atom. The Morgan fingerprint density at radius 3 is 3.05 bits per heavy atom. The van der Waals surface area contributed by atoms with Gasteiger partial charge in [0, 0.05) is 12.3 Å². The summed E-state index contributed by atoms with van der Waals surface area (Å²) in [5, 5.41) is 16.4. The monoisotopic (exact) mass is 300 g/mol. The van der Waals surface area contributed by atoms with Crippen LogP contribution in [0.2, 0.25) is 0 Å². The molecule has 0 unspecified atom stereocenters. The van der Waals surface area contributed by atoms with Crippen LogP contribution in [-0.2, 0) is 17.6 Å². The number of pyridine rings is 1. The van der Waals surface area contributed by atoms with Crippen molar-refractivity contribution in [3.05, 3.63) is 46.0 Å². The first-order valence-electron chi connectivity index (χ1n) is 7.12. The van der Waals surface area contributed by atoms with Gasteiger partial charge >= 0.3 is 0 Å². The van der Waals surface area contributed by atoms with E-state index in [2.05, 4.69) is 15.4 Å². The van der Waals surface area contributed by atoms with Crippen molar-refractivity contribution >= 4 is 11.7 Å². The Hall–Kier alpha value is -2.70. The van der Waals surface area contributed by atoms with Crippen molar-refractivity contribution in [3.63, 3.8) is 0 Å². The molecule has 7 nitrogen and oxygen atoms in total. The van der Waals surface area contributed by atoms with Crippen molar-refractivity contribution in [2.75, 3.05) is 5.32 Å². The minimum atomic E-state index is -0.792.